The van der Waals surface area contributed by atoms with Crippen LogP contribution in [0.1, 0.15) is 31.2 Å². The Labute approximate surface area is 205 Å². The summed E-state index contributed by atoms with van der Waals surface area (Å²) in [5.41, 5.74) is 4.52. The molecule has 2 aromatic heterocycles. The number of hydrogen-bond acceptors (Lipinski definition) is 10. The Morgan fingerprint density at radius 1 is 1.09 bits per heavy atom. The first kappa shape index (κ1) is 22.2. The summed E-state index contributed by atoms with van der Waals surface area (Å²) in [7, 11) is 0. The fourth-order valence-electron chi connectivity index (χ4n) is 3.71. The molecule has 1 aromatic carbocycles. The molecule has 12 heteroatoms. The average Bonchev–Trinajstić information content (AvgIpc) is 3.56. The van der Waals surface area contributed by atoms with E-state index in [9.17, 15) is 9.90 Å². The number of phenolic OH excluding ortho intramolecular Hbond substituents is 1. The Bertz CT molecular complexity index is 1220. The fraction of sp³-hybridized carbons (Fsp3) is 0.227. The number of anilines is 4. The van der Waals surface area contributed by atoms with Crippen LogP contribution in [0.3, 0.4) is 0 Å². The molecular weight excluding hydrogens is 472 g/mol. The second-order valence-corrected chi connectivity index (χ2v) is 9.55. The number of benzene rings is 1. The molecule has 3 aromatic rings. The summed E-state index contributed by atoms with van der Waals surface area (Å²) in [4.78, 5) is 29.8. The first-order valence-electron chi connectivity index (χ1n) is 10.8. The number of hydrogen-bond donors (Lipinski definition) is 5. The zero-order chi connectivity index (χ0) is 23.5. The van der Waals surface area contributed by atoms with Gasteiger partial charge in [0.05, 0.1) is 4.91 Å². The number of phenols is 1. The van der Waals surface area contributed by atoms with Crippen molar-refractivity contribution in [3.8, 4) is 5.75 Å². The molecule has 3 heterocycles. The van der Waals surface area contributed by atoms with Crippen molar-refractivity contribution in [2.75, 3.05) is 16.1 Å². The minimum Gasteiger partial charge on any atom is -0.508 e. The Balaban J connectivity index is 1.39. The van der Waals surface area contributed by atoms with Gasteiger partial charge in [-0.3, -0.25) is 10.2 Å². The molecule has 1 aliphatic carbocycles. The molecule has 2 aliphatic rings. The molecule has 1 aliphatic heterocycles. The molecular formula is C22H22N8O2S2. The van der Waals surface area contributed by atoms with Crippen LogP contribution >= 0.6 is 24.0 Å². The highest BCUT2D eigenvalue weighted by molar-refractivity contribution is 8.26. The lowest BCUT2D eigenvalue weighted by Gasteiger charge is -2.18. The van der Waals surface area contributed by atoms with Crippen LogP contribution in [-0.2, 0) is 4.79 Å². The Hall–Kier alpha value is -3.64. The summed E-state index contributed by atoms with van der Waals surface area (Å²) in [5, 5.41) is 17.3. The third-order valence-corrected chi connectivity index (χ3v) is 6.67. The van der Waals surface area contributed by atoms with Crippen molar-refractivity contribution in [1.29, 1.82) is 0 Å². The predicted molar refractivity (Wildman–Crippen MR) is 137 cm³/mol. The number of nitrogens with one attached hydrogen (secondary N) is 4. The minimum absolute atomic E-state index is 0.161. The quantitative estimate of drug-likeness (QED) is 0.185. The van der Waals surface area contributed by atoms with Crippen molar-refractivity contribution in [2.24, 2.45) is 0 Å². The Morgan fingerprint density at radius 3 is 2.56 bits per heavy atom. The van der Waals surface area contributed by atoms with E-state index in [4.69, 9.17) is 12.2 Å². The second-order valence-electron chi connectivity index (χ2n) is 7.88. The van der Waals surface area contributed by atoms with E-state index in [0.717, 1.165) is 31.2 Å². The summed E-state index contributed by atoms with van der Waals surface area (Å²) in [6.07, 6.45) is 9.79. The van der Waals surface area contributed by atoms with E-state index in [-0.39, 0.29) is 29.6 Å². The van der Waals surface area contributed by atoms with Crippen molar-refractivity contribution in [3.05, 3.63) is 53.2 Å². The number of carbonyl (C=O) groups excluding carboxylic acids is 1. The number of aromatic nitrogens is 4. The van der Waals surface area contributed by atoms with Gasteiger partial charge in [-0.15, -0.1) is 0 Å². The van der Waals surface area contributed by atoms with Gasteiger partial charge in [-0.05, 0) is 67.0 Å². The Kier molecular flexibility index (Phi) is 6.32. The maximum absolute atomic E-state index is 13.0. The molecule has 0 atom stereocenters. The number of H-pyrrole nitrogens is 1. The van der Waals surface area contributed by atoms with E-state index < -0.39 is 0 Å². The predicted octanol–water partition coefficient (Wildman–Crippen LogP) is 4.23. The molecule has 1 saturated carbocycles. The highest BCUT2D eigenvalue weighted by Crippen LogP contribution is 2.32. The van der Waals surface area contributed by atoms with Gasteiger partial charge >= 0.3 is 0 Å². The monoisotopic (exact) mass is 494 g/mol. The molecule has 0 unspecified atom stereocenters. The van der Waals surface area contributed by atoms with E-state index in [1.165, 1.54) is 16.8 Å². The molecule has 1 amide bonds. The van der Waals surface area contributed by atoms with Gasteiger partial charge in [0, 0.05) is 24.1 Å². The highest BCUT2D eigenvalue weighted by atomic mass is 32.2. The van der Waals surface area contributed by atoms with Gasteiger partial charge in [0.2, 0.25) is 17.8 Å². The molecule has 2 fully saturated rings. The number of amides is 1. The van der Waals surface area contributed by atoms with E-state index in [1.807, 2.05) is 6.07 Å². The zero-order valence-corrected chi connectivity index (χ0v) is 19.6. The van der Waals surface area contributed by atoms with E-state index >= 15 is 0 Å². The fourth-order valence-corrected chi connectivity index (χ4v) is 4.89. The van der Waals surface area contributed by atoms with Gasteiger partial charge in [0.25, 0.3) is 5.91 Å². The number of thiocarbonyl (C=S) groups is 1. The standard InChI is InChI=1S/C22H22N8O2S2/c31-16-7-5-15(6-8-16)25-20-26-19(24-14-3-1-2-4-14)27-21(28-20)29-30-18(32)17(34-22(30)33)11-13-9-10-23-12-13/h5-12,14,23,31H,1-4H2,(H3,24,25,26,27,28,29)/b17-11-. The largest absolute Gasteiger partial charge is 0.508 e. The van der Waals surface area contributed by atoms with Gasteiger partial charge in [0.15, 0.2) is 4.32 Å². The smallest absolute Gasteiger partial charge is 0.285 e. The average molecular weight is 495 g/mol. The van der Waals surface area contributed by atoms with E-state index in [0.29, 0.717) is 20.9 Å². The van der Waals surface area contributed by atoms with Crippen LogP contribution in [0.25, 0.3) is 6.08 Å². The molecule has 10 nitrogen and oxygen atoms in total. The normalized spacial score (nSPS) is 17.5. The molecule has 0 spiro atoms. The van der Waals surface area contributed by atoms with Crippen molar-refractivity contribution in [2.45, 2.75) is 31.7 Å². The first-order valence-corrected chi connectivity index (χ1v) is 12.0. The highest BCUT2D eigenvalue weighted by Gasteiger charge is 2.33. The van der Waals surface area contributed by atoms with Crippen molar-refractivity contribution >= 4 is 63.8 Å². The van der Waals surface area contributed by atoms with Crippen molar-refractivity contribution in [3.63, 3.8) is 0 Å². The van der Waals surface area contributed by atoms with Crippen molar-refractivity contribution < 1.29 is 9.90 Å². The molecule has 174 valence electrons. The molecule has 5 N–H and O–H groups in total. The van der Waals surface area contributed by atoms with E-state index in [2.05, 4.69) is 36.0 Å². The lowest BCUT2D eigenvalue weighted by Crippen LogP contribution is -2.35. The van der Waals surface area contributed by atoms with Gasteiger partial charge in [-0.2, -0.15) is 20.0 Å². The number of hydrazine groups is 1. The van der Waals surface area contributed by atoms with Crippen LogP contribution in [0.5, 0.6) is 5.75 Å². The van der Waals surface area contributed by atoms with E-state index in [1.54, 1.807) is 42.7 Å². The topological polar surface area (TPSA) is 131 Å². The SMILES string of the molecule is O=C1/C(=C/c2cc[nH]c2)SC(=S)N1Nc1nc(Nc2ccc(O)cc2)nc(NC2CCCC2)n1. The van der Waals surface area contributed by atoms with Gasteiger partial charge in [0.1, 0.15) is 5.75 Å². The summed E-state index contributed by atoms with van der Waals surface area (Å²) in [5.74, 6) is 0.746. The van der Waals surface area contributed by atoms with Crippen molar-refractivity contribution in [1.82, 2.24) is 24.9 Å². The molecule has 34 heavy (non-hydrogen) atoms. The summed E-state index contributed by atoms with van der Waals surface area (Å²) in [6.45, 7) is 0. The number of aromatic amines is 1. The third kappa shape index (κ3) is 5.13. The van der Waals surface area contributed by atoms with Crippen LogP contribution < -0.4 is 16.1 Å². The summed E-state index contributed by atoms with van der Waals surface area (Å²) in [6, 6.07) is 8.72. The van der Waals surface area contributed by atoms with Crippen LogP contribution in [0.4, 0.5) is 23.5 Å². The number of rotatable bonds is 7. The zero-order valence-electron chi connectivity index (χ0n) is 18.0. The second kappa shape index (κ2) is 9.69. The maximum atomic E-state index is 13.0. The number of thioether (sulfide) groups is 1. The van der Waals surface area contributed by atoms with Crippen LogP contribution in [0.15, 0.2) is 47.6 Å². The van der Waals surface area contributed by atoms with Crippen LogP contribution in [0, 0.1) is 0 Å². The van der Waals surface area contributed by atoms with Gasteiger partial charge in [-0.1, -0.05) is 24.6 Å². The molecule has 0 radical (unpaired) electrons. The number of nitrogens with zero attached hydrogens (tertiary/aromatic N) is 4. The third-order valence-electron chi connectivity index (χ3n) is 5.37. The lowest BCUT2D eigenvalue weighted by molar-refractivity contribution is -0.121. The number of carbonyl (C=O) groups is 1. The van der Waals surface area contributed by atoms with Gasteiger partial charge in [-0.25, -0.2) is 0 Å². The number of aromatic hydroxyl groups is 1. The lowest BCUT2D eigenvalue weighted by atomic mass is 10.3. The van der Waals surface area contributed by atoms with Gasteiger partial charge < -0.3 is 20.7 Å². The molecule has 5 rings (SSSR count). The molecule has 1 saturated heterocycles. The Morgan fingerprint density at radius 2 is 1.82 bits per heavy atom. The molecule has 0 bridgehead atoms. The van der Waals surface area contributed by atoms with Crippen LogP contribution in [0.2, 0.25) is 0 Å². The maximum Gasteiger partial charge on any atom is 0.285 e. The summed E-state index contributed by atoms with van der Waals surface area (Å²) < 4.78 is 0.352. The summed E-state index contributed by atoms with van der Waals surface area (Å²) >= 11 is 6.62. The minimum atomic E-state index is -0.282. The first-order chi connectivity index (χ1) is 16.5. The van der Waals surface area contributed by atoms with Crippen LogP contribution in [-0.4, -0.2) is 46.3 Å².